The van der Waals surface area contributed by atoms with Crippen molar-refractivity contribution in [1.82, 2.24) is 25.1 Å². The smallest absolute Gasteiger partial charge is 0.313 e. The van der Waals surface area contributed by atoms with Gasteiger partial charge in [0, 0.05) is 35.6 Å². The molecule has 4 heterocycles. The van der Waals surface area contributed by atoms with E-state index in [0.717, 1.165) is 18.1 Å². The van der Waals surface area contributed by atoms with Crippen molar-refractivity contribution >= 4 is 23.3 Å². The van der Waals surface area contributed by atoms with E-state index >= 15 is 0 Å². The molecule has 1 fully saturated rings. The number of fused-ring (bicyclic) bond motifs is 4. The summed E-state index contributed by atoms with van der Waals surface area (Å²) in [7, 11) is 0. The lowest BCUT2D eigenvalue weighted by atomic mass is 9.99. The average molecular weight is 445 g/mol. The highest BCUT2D eigenvalue weighted by Crippen LogP contribution is 2.42. The van der Waals surface area contributed by atoms with Crippen LogP contribution in [-0.2, 0) is 6.42 Å². The molecule has 1 saturated heterocycles. The molecule has 0 aliphatic carbocycles. The maximum atomic E-state index is 14.8. The van der Waals surface area contributed by atoms with Gasteiger partial charge in [-0.1, -0.05) is 11.6 Å². The Kier molecular flexibility index (Phi) is 4.66. The number of amides is 2. The highest BCUT2D eigenvalue weighted by molar-refractivity contribution is 6.33. The third-order valence-corrected chi connectivity index (χ3v) is 5.97. The van der Waals surface area contributed by atoms with Gasteiger partial charge in [0.15, 0.2) is 0 Å². The fourth-order valence-electron chi connectivity index (χ4n) is 4.31. The van der Waals surface area contributed by atoms with Gasteiger partial charge in [0.2, 0.25) is 0 Å². The zero-order valence-electron chi connectivity index (χ0n) is 15.9. The molecule has 0 radical (unpaired) electrons. The zero-order chi connectivity index (χ0) is 21.7. The standard InChI is InChI=1S/C20H15ClF2N6O2/c21-13-6-15(14(22)5-12(13)10-7-24-19(23)25-8-10)26-20(31)29-11-1-2-16(29)18-9(3-11)4-17(30)27-28-18/h4-8,11,16H,1-3H2,(H,26,31)(H,27,30)/t11-,16+/m0/s1. The van der Waals surface area contributed by atoms with Crippen molar-refractivity contribution in [2.45, 2.75) is 31.3 Å². The van der Waals surface area contributed by atoms with Gasteiger partial charge in [-0.15, -0.1) is 0 Å². The van der Waals surface area contributed by atoms with E-state index in [1.807, 2.05) is 0 Å². The highest BCUT2D eigenvalue weighted by atomic mass is 35.5. The summed E-state index contributed by atoms with van der Waals surface area (Å²) in [4.78, 5) is 33.1. The first kappa shape index (κ1) is 19.6. The van der Waals surface area contributed by atoms with Crippen molar-refractivity contribution in [3.05, 3.63) is 69.1 Å². The first-order valence-electron chi connectivity index (χ1n) is 9.55. The SMILES string of the molecule is O=C(Nc1cc(Cl)c(-c2cnc(F)nc2)cc1F)N1[C@H]2CC[C@@H]1c1n[nH]c(=O)cc1C2. The van der Waals surface area contributed by atoms with Gasteiger partial charge in [-0.05, 0) is 37.0 Å². The lowest BCUT2D eigenvalue weighted by Crippen LogP contribution is -2.45. The van der Waals surface area contributed by atoms with Crippen LogP contribution < -0.4 is 10.9 Å². The minimum atomic E-state index is -0.902. The van der Waals surface area contributed by atoms with Crippen LogP contribution in [0.15, 0.2) is 35.4 Å². The third-order valence-electron chi connectivity index (χ3n) is 5.66. The number of anilines is 1. The number of aromatic amines is 1. The Labute approximate surface area is 179 Å². The monoisotopic (exact) mass is 444 g/mol. The number of rotatable bonds is 2. The Morgan fingerprint density at radius 2 is 1.97 bits per heavy atom. The maximum absolute atomic E-state index is 14.8. The van der Waals surface area contributed by atoms with E-state index in [2.05, 4.69) is 25.5 Å². The molecule has 0 spiro atoms. The van der Waals surface area contributed by atoms with E-state index in [-0.39, 0.29) is 33.9 Å². The minimum absolute atomic E-state index is 0.0820. The van der Waals surface area contributed by atoms with Crippen molar-refractivity contribution in [1.29, 1.82) is 0 Å². The molecule has 2 aromatic heterocycles. The van der Waals surface area contributed by atoms with Crippen molar-refractivity contribution in [2.24, 2.45) is 0 Å². The highest BCUT2D eigenvalue weighted by Gasteiger charge is 2.44. The van der Waals surface area contributed by atoms with E-state index in [1.54, 1.807) is 4.90 Å². The summed E-state index contributed by atoms with van der Waals surface area (Å²) in [6.07, 6.45) is 3.47. The van der Waals surface area contributed by atoms with Gasteiger partial charge in [0.05, 0.1) is 22.4 Å². The van der Waals surface area contributed by atoms with Crippen LogP contribution in [-0.4, -0.2) is 37.1 Å². The molecule has 11 heteroatoms. The zero-order valence-corrected chi connectivity index (χ0v) is 16.7. The predicted octanol–water partition coefficient (Wildman–Crippen LogP) is 3.45. The predicted molar refractivity (Wildman–Crippen MR) is 108 cm³/mol. The molecule has 2 bridgehead atoms. The number of urea groups is 1. The molecule has 158 valence electrons. The first-order chi connectivity index (χ1) is 14.9. The van der Waals surface area contributed by atoms with Crippen LogP contribution in [0.3, 0.4) is 0 Å². The molecule has 2 amide bonds. The number of nitrogens with one attached hydrogen (secondary N) is 2. The third kappa shape index (κ3) is 3.42. The first-order valence-corrected chi connectivity index (χ1v) is 9.93. The quantitative estimate of drug-likeness (QED) is 0.589. The van der Waals surface area contributed by atoms with Gasteiger partial charge >= 0.3 is 12.1 Å². The molecule has 2 N–H and O–H groups in total. The van der Waals surface area contributed by atoms with Crippen LogP contribution in [0.25, 0.3) is 11.1 Å². The molecule has 2 aliphatic rings. The Bertz CT molecular complexity index is 1250. The molecule has 2 aliphatic heterocycles. The lowest BCUT2D eigenvalue weighted by molar-refractivity contribution is 0.177. The normalized spacial score (nSPS) is 19.3. The number of nitrogens with zero attached hydrogens (tertiary/aromatic N) is 4. The van der Waals surface area contributed by atoms with Crippen LogP contribution in [0.4, 0.5) is 19.3 Å². The largest absolute Gasteiger partial charge is 0.322 e. The van der Waals surface area contributed by atoms with Gasteiger partial charge < -0.3 is 10.2 Å². The number of benzene rings is 1. The summed E-state index contributed by atoms with van der Waals surface area (Å²) in [6.45, 7) is 0. The summed E-state index contributed by atoms with van der Waals surface area (Å²) >= 11 is 6.27. The number of aromatic nitrogens is 4. The van der Waals surface area contributed by atoms with Gasteiger partial charge in [-0.3, -0.25) is 4.79 Å². The van der Waals surface area contributed by atoms with E-state index in [9.17, 15) is 18.4 Å². The molecule has 1 aromatic carbocycles. The molecule has 5 rings (SSSR count). The van der Waals surface area contributed by atoms with E-state index in [1.165, 1.54) is 24.5 Å². The fourth-order valence-corrected chi connectivity index (χ4v) is 4.58. The molecule has 2 atom stereocenters. The summed E-state index contributed by atoms with van der Waals surface area (Å²) in [6, 6.07) is 3.08. The maximum Gasteiger partial charge on any atom is 0.322 e. The second-order valence-electron chi connectivity index (χ2n) is 7.48. The molecular formula is C20H15ClF2N6O2. The van der Waals surface area contributed by atoms with Gasteiger partial charge in [0.25, 0.3) is 5.56 Å². The van der Waals surface area contributed by atoms with E-state index < -0.39 is 17.9 Å². The molecule has 8 nitrogen and oxygen atoms in total. The van der Waals surface area contributed by atoms with Crippen LogP contribution in [0.2, 0.25) is 5.02 Å². The second kappa shape index (κ2) is 7.38. The average Bonchev–Trinajstić information content (AvgIpc) is 3.06. The number of carbonyl (C=O) groups excluding carboxylic acids is 1. The summed E-state index contributed by atoms with van der Waals surface area (Å²) < 4.78 is 27.7. The summed E-state index contributed by atoms with van der Waals surface area (Å²) in [5.41, 5.74) is 1.75. The molecular weight excluding hydrogens is 430 g/mol. The van der Waals surface area contributed by atoms with E-state index in [4.69, 9.17) is 11.6 Å². The van der Waals surface area contributed by atoms with E-state index in [0.29, 0.717) is 24.1 Å². The number of hydrogen-bond acceptors (Lipinski definition) is 5. The Morgan fingerprint density at radius 3 is 2.74 bits per heavy atom. The minimum Gasteiger partial charge on any atom is -0.313 e. The molecule has 3 aromatic rings. The van der Waals surface area contributed by atoms with Crippen molar-refractivity contribution < 1.29 is 13.6 Å². The van der Waals surface area contributed by atoms with Crippen molar-refractivity contribution in [3.8, 4) is 11.1 Å². The molecule has 31 heavy (non-hydrogen) atoms. The Morgan fingerprint density at radius 1 is 1.19 bits per heavy atom. The number of hydrogen-bond donors (Lipinski definition) is 2. The molecule has 0 saturated carbocycles. The number of H-pyrrole nitrogens is 1. The molecule has 0 unspecified atom stereocenters. The fraction of sp³-hybridized carbons (Fsp3) is 0.250. The lowest BCUT2D eigenvalue weighted by Gasteiger charge is -2.35. The second-order valence-corrected chi connectivity index (χ2v) is 7.89. The van der Waals surface area contributed by atoms with Crippen LogP contribution in [0, 0.1) is 11.9 Å². The van der Waals surface area contributed by atoms with Crippen molar-refractivity contribution in [3.63, 3.8) is 0 Å². The van der Waals surface area contributed by atoms with Crippen LogP contribution in [0.1, 0.15) is 30.1 Å². The topological polar surface area (TPSA) is 104 Å². The Balaban J connectivity index is 1.41. The van der Waals surface area contributed by atoms with Gasteiger partial charge in [-0.25, -0.2) is 24.3 Å². The van der Waals surface area contributed by atoms with Crippen molar-refractivity contribution in [2.75, 3.05) is 5.32 Å². The van der Waals surface area contributed by atoms with Gasteiger partial charge in [-0.2, -0.15) is 9.49 Å². The van der Waals surface area contributed by atoms with Crippen LogP contribution >= 0.6 is 11.6 Å². The number of carbonyl (C=O) groups is 1. The summed E-state index contributed by atoms with van der Waals surface area (Å²) in [5.74, 6) is -0.704. The number of halogens is 3. The summed E-state index contributed by atoms with van der Waals surface area (Å²) in [5, 5.41) is 9.28. The van der Waals surface area contributed by atoms with Gasteiger partial charge in [0.1, 0.15) is 5.82 Å². The van der Waals surface area contributed by atoms with Crippen LogP contribution in [0.5, 0.6) is 0 Å². The Hall–Kier alpha value is -3.40.